The number of piperidine rings is 1. The van der Waals surface area contributed by atoms with Crippen LogP contribution >= 0.6 is 0 Å². The third-order valence-electron chi connectivity index (χ3n) is 5.19. The molecular formula is C23H27NO3. The van der Waals surface area contributed by atoms with Gasteiger partial charge in [0.25, 0.3) is 0 Å². The number of amides is 1. The summed E-state index contributed by atoms with van der Waals surface area (Å²) < 4.78 is 5.39. The van der Waals surface area contributed by atoms with E-state index in [2.05, 4.69) is 13.8 Å². The van der Waals surface area contributed by atoms with Gasteiger partial charge in [0, 0.05) is 24.6 Å². The molecule has 1 aliphatic rings. The van der Waals surface area contributed by atoms with Crippen molar-refractivity contribution < 1.29 is 14.3 Å². The summed E-state index contributed by atoms with van der Waals surface area (Å²) in [5, 5.41) is 0. The van der Waals surface area contributed by atoms with Crippen LogP contribution in [0.3, 0.4) is 0 Å². The first-order valence-corrected chi connectivity index (χ1v) is 9.64. The molecule has 1 heterocycles. The van der Waals surface area contributed by atoms with Crippen LogP contribution in [-0.2, 0) is 11.3 Å². The zero-order chi connectivity index (χ0) is 19.2. The predicted molar refractivity (Wildman–Crippen MR) is 106 cm³/mol. The number of carbonyl (C=O) groups is 2. The van der Waals surface area contributed by atoms with Crippen LogP contribution in [0.4, 0.5) is 4.79 Å². The lowest BCUT2D eigenvalue weighted by Gasteiger charge is -2.30. The van der Waals surface area contributed by atoms with Crippen molar-refractivity contribution in [1.29, 1.82) is 0 Å². The highest BCUT2D eigenvalue weighted by Gasteiger charge is 2.28. The number of benzene rings is 2. The first-order chi connectivity index (χ1) is 13.0. The van der Waals surface area contributed by atoms with Gasteiger partial charge in [-0.1, -0.05) is 68.4 Å². The van der Waals surface area contributed by atoms with Gasteiger partial charge in [-0.2, -0.15) is 0 Å². The third kappa shape index (κ3) is 4.97. The van der Waals surface area contributed by atoms with Crippen LogP contribution in [0, 0.1) is 5.92 Å². The van der Waals surface area contributed by atoms with Gasteiger partial charge < -0.3 is 9.64 Å². The molecule has 0 unspecified atom stereocenters. The maximum Gasteiger partial charge on any atom is 0.410 e. The van der Waals surface area contributed by atoms with Gasteiger partial charge in [-0.25, -0.2) is 4.79 Å². The summed E-state index contributed by atoms with van der Waals surface area (Å²) in [5.41, 5.74) is 2.98. The van der Waals surface area contributed by atoms with E-state index in [0.717, 1.165) is 11.1 Å². The molecule has 0 saturated carbocycles. The van der Waals surface area contributed by atoms with Gasteiger partial charge in [-0.15, -0.1) is 0 Å². The minimum atomic E-state index is -0.300. The van der Waals surface area contributed by atoms with E-state index in [-0.39, 0.29) is 24.4 Å². The molecule has 0 bridgehead atoms. The van der Waals surface area contributed by atoms with Crippen LogP contribution < -0.4 is 0 Å². The van der Waals surface area contributed by atoms with Gasteiger partial charge in [0.15, 0.2) is 5.78 Å². The number of ether oxygens (including phenoxy) is 1. The van der Waals surface area contributed by atoms with Crippen LogP contribution in [0.15, 0.2) is 54.6 Å². The van der Waals surface area contributed by atoms with Crippen LogP contribution in [0.25, 0.3) is 0 Å². The van der Waals surface area contributed by atoms with Gasteiger partial charge in [0.2, 0.25) is 0 Å². The number of likely N-dealkylation sites (tertiary alicyclic amines) is 1. The van der Waals surface area contributed by atoms with Gasteiger partial charge in [-0.3, -0.25) is 4.79 Å². The molecule has 1 amide bonds. The van der Waals surface area contributed by atoms with Crippen LogP contribution in [-0.4, -0.2) is 29.9 Å². The standard InChI is InChI=1S/C23H27NO3/c1-17(2)19-8-10-20(11-9-19)22(25)21-12-14-24(15-13-21)23(26)27-16-18-6-4-3-5-7-18/h3-11,17,21H,12-16H2,1-2H3. The molecule has 3 rings (SSSR count). The average Bonchev–Trinajstić information content (AvgIpc) is 2.72. The van der Waals surface area contributed by atoms with Crippen molar-refractivity contribution in [2.45, 2.75) is 39.2 Å². The molecule has 27 heavy (non-hydrogen) atoms. The van der Waals surface area contributed by atoms with Crippen LogP contribution in [0.5, 0.6) is 0 Å². The summed E-state index contributed by atoms with van der Waals surface area (Å²) in [5.74, 6) is 0.620. The minimum Gasteiger partial charge on any atom is -0.445 e. The smallest absolute Gasteiger partial charge is 0.410 e. The molecule has 1 fully saturated rings. The van der Waals surface area contributed by atoms with E-state index >= 15 is 0 Å². The quantitative estimate of drug-likeness (QED) is 0.697. The molecule has 0 spiro atoms. The Bertz CT molecular complexity index is 760. The largest absolute Gasteiger partial charge is 0.445 e. The number of carbonyl (C=O) groups excluding carboxylic acids is 2. The van der Waals surface area contributed by atoms with E-state index in [4.69, 9.17) is 4.74 Å². The van der Waals surface area contributed by atoms with Crippen LogP contribution in [0.2, 0.25) is 0 Å². The van der Waals surface area contributed by atoms with Crippen molar-refractivity contribution in [3.63, 3.8) is 0 Å². The monoisotopic (exact) mass is 365 g/mol. The SMILES string of the molecule is CC(C)c1ccc(C(=O)C2CCN(C(=O)OCc3ccccc3)CC2)cc1. The summed E-state index contributed by atoms with van der Waals surface area (Å²) in [4.78, 5) is 26.7. The van der Waals surface area contributed by atoms with Crippen molar-refractivity contribution in [3.8, 4) is 0 Å². The molecule has 4 nitrogen and oxygen atoms in total. The van der Waals surface area contributed by atoms with Crippen molar-refractivity contribution in [3.05, 3.63) is 71.3 Å². The van der Waals surface area contributed by atoms with Crippen molar-refractivity contribution in [1.82, 2.24) is 4.90 Å². The lowest BCUT2D eigenvalue weighted by Crippen LogP contribution is -2.40. The number of Topliss-reactive ketones (excluding diaryl/α,β-unsaturated/α-hetero) is 1. The summed E-state index contributed by atoms with van der Waals surface area (Å²) in [6.45, 7) is 5.69. The highest BCUT2D eigenvalue weighted by Crippen LogP contribution is 2.23. The Morgan fingerprint density at radius 3 is 2.22 bits per heavy atom. The van der Waals surface area contributed by atoms with E-state index in [1.54, 1.807) is 4.90 Å². The Morgan fingerprint density at radius 1 is 1.00 bits per heavy atom. The lowest BCUT2D eigenvalue weighted by atomic mass is 9.88. The van der Waals surface area contributed by atoms with Crippen molar-refractivity contribution >= 4 is 11.9 Å². The Morgan fingerprint density at radius 2 is 1.63 bits per heavy atom. The summed E-state index contributed by atoms with van der Waals surface area (Å²) in [7, 11) is 0. The van der Waals surface area contributed by atoms with E-state index in [1.807, 2.05) is 54.6 Å². The fourth-order valence-corrected chi connectivity index (χ4v) is 3.40. The molecule has 0 N–H and O–H groups in total. The maximum atomic E-state index is 12.7. The molecule has 1 saturated heterocycles. The van der Waals surface area contributed by atoms with E-state index in [0.29, 0.717) is 31.8 Å². The zero-order valence-corrected chi connectivity index (χ0v) is 16.1. The molecule has 0 radical (unpaired) electrons. The molecular weight excluding hydrogens is 338 g/mol. The number of nitrogens with zero attached hydrogens (tertiary/aromatic N) is 1. The third-order valence-corrected chi connectivity index (χ3v) is 5.19. The molecule has 4 heteroatoms. The van der Waals surface area contributed by atoms with Gasteiger partial charge >= 0.3 is 6.09 Å². The number of hydrogen-bond acceptors (Lipinski definition) is 3. The molecule has 0 aliphatic carbocycles. The second-order valence-corrected chi connectivity index (χ2v) is 7.44. The maximum absolute atomic E-state index is 12.7. The minimum absolute atomic E-state index is 0.0203. The average molecular weight is 365 g/mol. The van der Waals surface area contributed by atoms with Gasteiger partial charge in [0.1, 0.15) is 6.61 Å². The molecule has 2 aromatic rings. The fraction of sp³-hybridized carbons (Fsp3) is 0.391. The Labute approximate surface area is 161 Å². The molecule has 2 aromatic carbocycles. The van der Waals surface area contributed by atoms with Gasteiger partial charge in [0.05, 0.1) is 0 Å². The van der Waals surface area contributed by atoms with E-state index in [1.165, 1.54) is 5.56 Å². The summed E-state index contributed by atoms with van der Waals surface area (Å²) in [6, 6.07) is 17.6. The van der Waals surface area contributed by atoms with Crippen LogP contribution in [0.1, 0.15) is 54.1 Å². The second-order valence-electron chi connectivity index (χ2n) is 7.44. The highest BCUT2D eigenvalue weighted by atomic mass is 16.6. The van der Waals surface area contributed by atoms with E-state index in [9.17, 15) is 9.59 Å². The number of rotatable bonds is 5. The first-order valence-electron chi connectivity index (χ1n) is 9.64. The molecule has 0 aromatic heterocycles. The van der Waals surface area contributed by atoms with E-state index < -0.39 is 0 Å². The second kappa shape index (κ2) is 8.85. The predicted octanol–water partition coefficient (Wildman–Crippen LogP) is 5.04. The Balaban J connectivity index is 1.49. The topological polar surface area (TPSA) is 46.6 Å². The number of hydrogen-bond donors (Lipinski definition) is 0. The van der Waals surface area contributed by atoms with Crippen molar-refractivity contribution in [2.75, 3.05) is 13.1 Å². The number of ketones is 1. The fourth-order valence-electron chi connectivity index (χ4n) is 3.40. The zero-order valence-electron chi connectivity index (χ0n) is 16.1. The van der Waals surface area contributed by atoms with Crippen molar-refractivity contribution in [2.24, 2.45) is 5.92 Å². The first kappa shape index (κ1) is 19.2. The lowest BCUT2D eigenvalue weighted by molar-refractivity contribution is 0.0713. The highest BCUT2D eigenvalue weighted by molar-refractivity contribution is 5.98. The Kier molecular flexibility index (Phi) is 6.28. The summed E-state index contributed by atoms with van der Waals surface area (Å²) >= 11 is 0. The summed E-state index contributed by atoms with van der Waals surface area (Å²) in [6.07, 6.45) is 1.07. The molecule has 0 atom stereocenters. The Hall–Kier alpha value is -2.62. The molecule has 142 valence electrons. The molecule has 1 aliphatic heterocycles. The normalized spacial score (nSPS) is 15.0. The van der Waals surface area contributed by atoms with Gasteiger partial charge in [-0.05, 0) is 29.9 Å².